The second-order valence-electron chi connectivity index (χ2n) is 7.91. The largest absolute Gasteiger partial charge is 0.339 e. The zero-order valence-electron chi connectivity index (χ0n) is 17.8. The number of hydrogen-bond donors (Lipinski definition) is 2. The van der Waals surface area contributed by atoms with Crippen LogP contribution in [0.1, 0.15) is 52.0 Å². The third-order valence-electron chi connectivity index (χ3n) is 5.57. The van der Waals surface area contributed by atoms with Crippen molar-refractivity contribution in [2.45, 2.75) is 45.7 Å². The number of aromatic nitrogens is 2. The van der Waals surface area contributed by atoms with E-state index in [9.17, 15) is 14.0 Å². The van der Waals surface area contributed by atoms with Crippen LogP contribution in [0.2, 0.25) is 0 Å². The van der Waals surface area contributed by atoms with E-state index < -0.39 is 12.0 Å². The highest BCUT2D eigenvalue weighted by Crippen LogP contribution is 2.39. The fraction of sp³-hybridized carbons (Fsp3) is 0.292. The third-order valence-corrected chi connectivity index (χ3v) is 5.57. The molecule has 2 aromatic carbocycles. The van der Waals surface area contributed by atoms with Crippen LogP contribution >= 0.6 is 0 Å². The molecule has 6 nitrogen and oxygen atoms in total. The van der Waals surface area contributed by atoms with Gasteiger partial charge in [-0.25, -0.2) is 9.07 Å². The van der Waals surface area contributed by atoms with Gasteiger partial charge in [-0.1, -0.05) is 36.8 Å². The van der Waals surface area contributed by atoms with Crippen LogP contribution in [0.3, 0.4) is 0 Å². The van der Waals surface area contributed by atoms with Gasteiger partial charge in [-0.15, -0.1) is 0 Å². The minimum atomic E-state index is -0.857. The van der Waals surface area contributed by atoms with Gasteiger partial charge < -0.3 is 10.6 Å². The quantitative estimate of drug-likeness (QED) is 0.657. The highest BCUT2D eigenvalue weighted by atomic mass is 19.1. The predicted octanol–water partition coefficient (Wildman–Crippen LogP) is 3.93. The Kier molecular flexibility index (Phi) is 5.59. The van der Waals surface area contributed by atoms with Crippen LogP contribution in [-0.2, 0) is 11.3 Å². The lowest BCUT2D eigenvalue weighted by atomic mass is 9.82. The van der Waals surface area contributed by atoms with E-state index in [1.807, 2.05) is 26.8 Å². The van der Waals surface area contributed by atoms with E-state index in [-0.39, 0.29) is 17.6 Å². The number of amides is 2. The molecule has 0 aliphatic carbocycles. The Labute approximate surface area is 180 Å². The lowest BCUT2D eigenvalue weighted by Gasteiger charge is -2.33. The molecule has 1 aliphatic rings. The van der Waals surface area contributed by atoms with Crippen LogP contribution in [0, 0.1) is 19.7 Å². The lowest BCUT2D eigenvalue weighted by Crippen LogP contribution is -2.50. The molecule has 0 spiro atoms. The van der Waals surface area contributed by atoms with Crippen molar-refractivity contribution in [3.63, 3.8) is 0 Å². The predicted molar refractivity (Wildman–Crippen MR) is 117 cm³/mol. The molecular formula is C24H25FN4O2. The number of carbonyl (C=O) groups is 2. The molecule has 2 atom stereocenters. The van der Waals surface area contributed by atoms with E-state index in [1.165, 1.54) is 12.1 Å². The third kappa shape index (κ3) is 3.95. The van der Waals surface area contributed by atoms with E-state index in [0.29, 0.717) is 17.9 Å². The minimum Gasteiger partial charge on any atom is -0.339 e. The molecule has 7 heteroatoms. The van der Waals surface area contributed by atoms with E-state index >= 15 is 0 Å². The van der Waals surface area contributed by atoms with Crippen molar-refractivity contribution in [1.29, 1.82) is 0 Å². The topological polar surface area (TPSA) is 76.0 Å². The molecule has 31 heavy (non-hydrogen) atoms. The van der Waals surface area contributed by atoms with Gasteiger partial charge in [-0.2, -0.15) is 5.10 Å². The summed E-state index contributed by atoms with van der Waals surface area (Å²) in [6, 6.07) is 12.4. The first-order valence-electron chi connectivity index (χ1n) is 10.4. The summed E-state index contributed by atoms with van der Waals surface area (Å²) in [5.41, 5.74) is 3.79. The van der Waals surface area contributed by atoms with Crippen molar-refractivity contribution in [1.82, 2.24) is 15.1 Å². The normalized spacial score (nSPS) is 17.7. The molecule has 0 bridgehead atoms. The van der Waals surface area contributed by atoms with Gasteiger partial charge in [0.05, 0.1) is 5.69 Å². The SMILES string of the molecule is CCCn1nc(C)c2c1NC(=O)[C@@H](NC(=O)c1cccc(C)c1)[C@H]2c1ccc(F)cc1. The van der Waals surface area contributed by atoms with Gasteiger partial charge in [-0.3, -0.25) is 9.59 Å². The molecule has 2 N–H and O–H groups in total. The second kappa shape index (κ2) is 8.34. The summed E-state index contributed by atoms with van der Waals surface area (Å²) in [4.78, 5) is 26.1. The Bertz CT molecular complexity index is 1140. The molecule has 3 aromatic rings. The lowest BCUT2D eigenvalue weighted by molar-refractivity contribution is -0.118. The van der Waals surface area contributed by atoms with Crippen molar-refractivity contribution >= 4 is 17.6 Å². The molecule has 4 rings (SSSR count). The number of rotatable bonds is 5. The average Bonchev–Trinajstić information content (AvgIpc) is 3.04. The number of anilines is 1. The monoisotopic (exact) mass is 420 g/mol. The van der Waals surface area contributed by atoms with E-state index in [1.54, 1.807) is 35.0 Å². The van der Waals surface area contributed by atoms with Crippen LogP contribution in [0.5, 0.6) is 0 Å². The van der Waals surface area contributed by atoms with Crippen LogP contribution < -0.4 is 10.6 Å². The Morgan fingerprint density at radius 2 is 1.94 bits per heavy atom. The van der Waals surface area contributed by atoms with Gasteiger partial charge in [0.1, 0.15) is 17.7 Å². The van der Waals surface area contributed by atoms with Gasteiger partial charge in [0.25, 0.3) is 5.91 Å². The summed E-state index contributed by atoms with van der Waals surface area (Å²) in [7, 11) is 0. The van der Waals surface area contributed by atoms with Gasteiger partial charge in [0, 0.05) is 23.6 Å². The molecule has 0 saturated heterocycles. The molecule has 1 aliphatic heterocycles. The van der Waals surface area contributed by atoms with Crippen LogP contribution in [-0.4, -0.2) is 27.6 Å². The highest BCUT2D eigenvalue weighted by Gasteiger charge is 2.41. The molecular weight excluding hydrogens is 395 g/mol. The number of hydrogen-bond acceptors (Lipinski definition) is 3. The molecule has 160 valence electrons. The van der Waals surface area contributed by atoms with Crippen LogP contribution in [0.25, 0.3) is 0 Å². The Morgan fingerprint density at radius 3 is 2.61 bits per heavy atom. The number of nitrogens with zero attached hydrogens (tertiary/aromatic N) is 2. The Morgan fingerprint density at radius 1 is 1.19 bits per heavy atom. The number of fused-ring (bicyclic) bond motifs is 1. The van der Waals surface area contributed by atoms with E-state index in [2.05, 4.69) is 15.7 Å². The maximum absolute atomic E-state index is 13.6. The summed E-state index contributed by atoms with van der Waals surface area (Å²) in [5, 5.41) is 10.4. The summed E-state index contributed by atoms with van der Waals surface area (Å²) in [5.74, 6) is -0.857. The van der Waals surface area contributed by atoms with Crippen molar-refractivity contribution in [2.75, 3.05) is 5.32 Å². The highest BCUT2D eigenvalue weighted by molar-refractivity contribution is 6.04. The van der Waals surface area contributed by atoms with E-state index in [4.69, 9.17) is 0 Å². The number of halogens is 1. The fourth-order valence-corrected chi connectivity index (χ4v) is 4.17. The van der Waals surface area contributed by atoms with Crippen LogP contribution in [0.15, 0.2) is 48.5 Å². The Balaban J connectivity index is 1.79. The standard InChI is InChI=1S/C24H25FN4O2/c1-4-12-29-22-19(15(3)28-29)20(16-8-10-18(25)11-9-16)21(24(31)27-22)26-23(30)17-7-5-6-14(2)13-17/h5-11,13,20-21H,4,12H2,1-3H3,(H,26,30)(H,27,31)/t20-,21-/m0/s1. The Hall–Kier alpha value is -3.48. The molecule has 2 heterocycles. The van der Waals surface area contributed by atoms with Crippen molar-refractivity contribution in [2.24, 2.45) is 0 Å². The van der Waals surface area contributed by atoms with Crippen LogP contribution in [0.4, 0.5) is 10.2 Å². The molecule has 0 saturated carbocycles. The zero-order valence-corrected chi connectivity index (χ0v) is 17.8. The van der Waals surface area contributed by atoms with Gasteiger partial charge in [0.2, 0.25) is 5.91 Å². The van der Waals surface area contributed by atoms with Crippen molar-refractivity contribution in [3.8, 4) is 0 Å². The number of nitrogens with one attached hydrogen (secondary N) is 2. The summed E-state index contributed by atoms with van der Waals surface area (Å²) >= 11 is 0. The van der Waals surface area contributed by atoms with E-state index in [0.717, 1.165) is 28.8 Å². The van der Waals surface area contributed by atoms with Crippen molar-refractivity contribution in [3.05, 3.63) is 82.3 Å². The molecule has 0 fully saturated rings. The summed E-state index contributed by atoms with van der Waals surface area (Å²) < 4.78 is 15.4. The first-order valence-corrected chi connectivity index (χ1v) is 10.4. The number of aryl methyl sites for hydroxylation is 3. The van der Waals surface area contributed by atoms with Gasteiger partial charge >= 0.3 is 0 Å². The van der Waals surface area contributed by atoms with Gasteiger partial charge in [-0.05, 0) is 50.1 Å². The van der Waals surface area contributed by atoms with Gasteiger partial charge in [0.15, 0.2) is 0 Å². The number of carbonyl (C=O) groups excluding carboxylic acids is 2. The first kappa shape index (κ1) is 20.8. The molecule has 2 amide bonds. The maximum atomic E-state index is 13.6. The maximum Gasteiger partial charge on any atom is 0.251 e. The smallest absolute Gasteiger partial charge is 0.251 e. The fourth-order valence-electron chi connectivity index (χ4n) is 4.17. The number of benzene rings is 2. The zero-order chi connectivity index (χ0) is 22.1. The minimum absolute atomic E-state index is 0.319. The molecule has 1 aromatic heterocycles. The summed E-state index contributed by atoms with van der Waals surface area (Å²) in [6.07, 6.45) is 0.859. The average molecular weight is 420 g/mol. The second-order valence-corrected chi connectivity index (χ2v) is 7.91. The first-order chi connectivity index (χ1) is 14.9. The van der Waals surface area contributed by atoms with Crippen molar-refractivity contribution < 1.29 is 14.0 Å². The molecule has 0 unspecified atom stereocenters. The molecule has 0 radical (unpaired) electrons. The summed E-state index contributed by atoms with van der Waals surface area (Å²) in [6.45, 7) is 6.49.